The van der Waals surface area contributed by atoms with Crippen molar-refractivity contribution >= 4 is 21.6 Å². The molecule has 102 valence electrons. The third-order valence-electron chi connectivity index (χ3n) is 3.40. The predicted octanol–water partition coefficient (Wildman–Crippen LogP) is 1.81. The fraction of sp³-hybridized carbons (Fsp3) is 0.667. The molecule has 1 aromatic heterocycles. The lowest BCUT2D eigenvalue weighted by Gasteiger charge is -2.34. The lowest BCUT2D eigenvalue weighted by molar-refractivity contribution is 0.382. The average Bonchev–Trinajstić information content (AvgIpc) is 2.35. The number of hydrogen-bond donors (Lipinski definition) is 2. The molecule has 0 bridgehead atoms. The van der Waals surface area contributed by atoms with E-state index in [9.17, 15) is 4.79 Å². The van der Waals surface area contributed by atoms with E-state index in [2.05, 4.69) is 40.2 Å². The van der Waals surface area contributed by atoms with Crippen LogP contribution in [0.2, 0.25) is 0 Å². The Kier molecular flexibility index (Phi) is 4.92. The number of nitrogens with one attached hydrogen (secondary N) is 1. The first-order chi connectivity index (χ1) is 8.35. The molecule has 1 unspecified atom stereocenters. The van der Waals surface area contributed by atoms with Gasteiger partial charge in [0, 0.05) is 18.6 Å². The first-order valence-electron chi connectivity index (χ1n) is 6.09. The largest absolute Gasteiger partial charge is 0.376 e. The maximum absolute atomic E-state index is 11.9. The summed E-state index contributed by atoms with van der Waals surface area (Å²) >= 11 is 3.33. The highest BCUT2D eigenvalue weighted by atomic mass is 79.9. The summed E-state index contributed by atoms with van der Waals surface area (Å²) in [7, 11) is 0. The maximum Gasteiger partial charge on any atom is 0.283 e. The van der Waals surface area contributed by atoms with E-state index in [1.165, 1.54) is 4.68 Å². The Morgan fingerprint density at radius 1 is 1.61 bits per heavy atom. The van der Waals surface area contributed by atoms with Gasteiger partial charge < -0.3 is 11.1 Å². The van der Waals surface area contributed by atoms with Crippen LogP contribution in [-0.4, -0.2) is 21.9 Å². The minimum absolute atomic E-state index is 0.134. The van der Waals surface area contributed by atoms with Crippen molar-refractivity contribution in [3.8, 4) is 0 Å². The molecule has 18 heavy (non-hydrogen) atoms. The lowest BCUT2D eigenvalue weighted by Crippen LogP contribution is -2.47. The Hall–Kier alpha value is -0.880. The van der Waals surface area contributed by atoms with Crippen LogP contribution in [0.4, 0.5) is 5.69 Å². The Bertz CT molecular complexity index is 472. The summed E-state index contributed by atoms with van der Waals surface area (Å²) in [5.41, 5.74) is 6.10. The summed E-state index contributed by atoms with van der Waals surface area (Å²) < 4.78 is 1.91. The van der Waals surface area contributed by atoms with Gasteiger partial charge >= 0.3 is 0 Å². The van der Waals surface area contributed by atoms with E-state index in [1.807, 2.05) is 13.8 Å². The molecule has 1 atom stereocenters. The minimum Gasteiger partial charge on any atom is -0.376 e. The van der Waals surface area contributed by atoms with Crippen LogP contribution in [0.25, 0.3) is 0 Å². The second-order valence-electron chi connectivity index (χ2n) is 4.89. The monoisotopic (exact) mass is 316 g/mol. The minimum atomic E-state index is -0.269. The fourth-order valence-corrected chi connectivity index (χ4v) is 1.92. The molecule has 0 aliphatic carbocycles. The smallest absolute Gasteiger partial charge is 0.283 e. The quantitative estimate of drug-likeness (QED) is 0.869. The Morgan fingerprint density at radius 2 is 2.22 bits per heavy atom. The van der Waals surface area contributed by atoms with Crippen LogP contribution in [0.15, 0.2) is 15.5 Å². The number of halogens is 1. The molecular weight excluding hydrogens is 296 g/mol. The van der Waals surface area contributed by atoms with Crippen molar-refractivity contribution in [3.05, 3.63) is 21.0 Å². The normalized spacial score (nSPS) is 14.6. The van der Waals surface area contributed by atoms with Crippen molar-refractivity contribution in [1.82, 2.24) is 9.78 Å². The Morgan fingerprint density at radius 3 is 2.67 bits per heavy atom. The maximum atomic E-state index is 11.9. The summed E-state index contributed by atoms with van der Waals surface area (Å²) in [6.07, 6.45) is 1.66. The van der Waals surface area contributed by atoms with E-state index >= 15 is 0 Å². The van der Waals surface area contributed by atoms with E-state index < -0.39 is 0 Å². The fourth-order valence-electron chi connectivity index (χ4n) is 1.52. The van der Waals surface area contributed by atoms with Gasteiger partial charge in [-0.05, 0) is 35.7 Å². The van der Waals surface area contributed by atoms with Crippen molar-refractivity contribution in [2.45, 2.75) is 39.8 Å². The number of nitrogens with two attached hydrogens (primary N) is 1. The molecule has 0 saturated carbocycles. The van der Waals surface area contributed by atoms with Crippen molar-refractivity contribution in [2.24, 2.45) is 11.7 Å². The van der Waals surface area contributed by atoms with Gasteiger partial charge in [0.05, 0.1) is 11.9 Å². The molecule has 0 aliphatic rings. The van der Waals surface area contributed by atoms with Gasteiger partial charge in [-0.1, -0.05) is 13.8 Å². The highest BCUT2D eigenvalue weighted by Crippen LogP contribution is 2.25. The molecule has 0 aliphatic heterocycles. The zero-order valence-electron chi connectivity index (χ0n) is 11.3. The molecule has 0 fully saturated rings. The SMILES string of the molecule is CCn1ncc(NC(C)(CN)C(C)C)c(Br)c1=O. The van der Waals surface area contributed by atoms with E-state index in [4.69, 9.17) is 5.73 Å². The number of anilines is 1. The first-order valence-corrected chi connectivity index (χ1v) is 6.89. The Balaban J connectivity index is 3.13. The van der Waals surface area contributed by atoms with Crippen molar-refractivity contribution in [1.29, 1.82) is 0 Å². The first kappa shape index (κ1) is 15.2. The third-order valence-corrected chi connectivity index (χ3v) is 4.17. The van der Waals surface area contributed by atoms with Gasteiger partial charge in [-0.15, -0.1) is 0 Å². The molecular formula is C12H21BrN4O. The zero-order chi connectivity index (χ0) is 13.9. The molecule has 1 aromatic rings. The summed E-state index contributed by atoms with van der Waals surface area (Å²) in [5, 5.41) is 7.42. The summed E-state index contributed by atoms with van der Waals surface area (Å²) in [6.45, 7) is 9.13. The lowest BCUT2D eigenvalue weighted by atomic mass is 9.88. The topological polar surface area (TPSA) is 72.9 Å². The van der Waals surface area contributed by atoms with Gasteiger partial charge in [-0.25, -0.2) is 4.68 Å². The molecule has 0 aromatic carbocycles. The second kappa shape index (κ2) is 5.84. The average molecular weight is 317 g/mol. The Labute approximate surface area is 116 Å². The molecule has 0 saturated heterocycles. The predicted molar refractivity (Wildman–Crippen MR) is 77.8 cm³/mol. The van der Waals surface area contributed by atoms with Gasteiger partial charge in [0.1, 0.15) is 4.47 Å². The summed E-state index contributed by atoms with van der Waals surface area (Å²) in [4.78, 5) is 11.9. The van der Waals surface area contributed by atoms with Gasteiger partial charge in [0.15, 0.2) is 0 Å². The van der Waals surface area contributed by atoms with Crippen LogP contribution >= 0.6 is 15.9 Å². The molecule has 6 heteroatoms. The number of aromatic nitrogens is 2. The van der Waals surface area contributed by atoms with E-state index in [-0.39, 0.29) is 11.1 Å². The van der Waals surface area contributed by atoms with Crippen molar-refractivity contribution in [2.75, 3.05) is 11.9 Å². The zero-order valence-corrected chi connectivity index (χ0v) is 12.9. The van der Waals surface area contributed by atoms with Gasteiger partial charge in [0.25, 0.3) is 5.56 Å². The van der Waals surface area contributed by atoms with Crippen molar-refractivity contribution in [3.63, 3.8) is 0 Å². The molecule has 0 spiro atoms. The van der Waals surface area contributed by atoms with Crippen LogP contribution in [0.5, 0.6) is 0 Å². The third kappa shape index (κ3) is 2.92. The molecule has 5 nitrogen and oxygen atoms in total. The molecule has 0 radical (unpaired) electrons. The summed E-state index contributed by atoms with van der Waals surface area (Å²) in [5.74, 6) is 0.336. The molecule has 1 heterocycles. The van der Waals surface area contributed by atoms with Gasteiger partial charge in [-0.2, -0.15) is 5.10 Å². The van der Waals surface area contributed by atoms with E-state index in [0.717, 1.165) is 0 Å². The van der Waals surface area contributed by atoms with Crippen LogP contribution in [0.3, 0.4) is 0 Å². The number of hydrogen-bond acceptors (Lipinski definition) is 4. The van der Waals surface area contributed by atoms with Crippen molar-refractivity contribution < 1.29 is 0 Å². The van der Waals surface area contributed by atoms with Crippen LogP contribution in [0, 0.1) is 5.92 Å². The molecule has 3 N–H and O–H groups in total. The van der Waals surface area contributed by atoms with Crippen LogP contribution < -0.4 is 16.6 Å². The summed E-state index contributed by atoms with van der Waals surface area (Å²) in [6, 6.07) is 0. The second-order valence-corrected chi connectivity index (χ2v) is 5.69. The number of aryl methyl sites for hydroxylation is 1. The number of nitrogens with zero attached hydrogens (tertiary/aromatic N) is 2. The van der Waals surface area contributed by atoms with Crippen LogP contribution in [0.1, 0.15) is 27.7 Å². The number of rotatable bonds is 5. The highest BCUT2D eigenvalue weighted by Gasteiger charge is 2.27. The van der Waals surface area contributed by atoms with Gasteiger partial charge in [0.2, 0.25) is 0 Å². The van der Waals surface area contributed by atoms with E-state index in [0.29, 0.717) is 29.2 Å². The highest BCUT2D eigenvalue weighted by molar-refractivity contribution is 9.10. The molecule has 1 rings (SSSR count). The molecule has 0 amide bonds. The van der Waals surface area contributed by atoms with E-state index in [1.54, 1.807) is 6.20 Å². The van der Waals surface area contributed by atoms with Gasteiger partial charge in [-0.3, -0.25) is 4.79 Å². The van der Waals surface area contributed by atoms with Crippen LogP contribution in [-0.2, 0) is 6.54 Å². The standard InChI is InChI=1S/C12H21BrN4O/c1-5-17-11(18)10(13)9(6-15-17)16-12(4,7-14)8(2)3/h6,8,16H,5,7,14H2,1-4H3.